The molecule has 0 aliphatic carbocycles. The van der Waals surface area contributed by atoms with E-state index < -0.39 is 28.8 Å². The summed E-state index contributed by atoms with van der Waals surface area (Å²) in [6.07, 6.45) is 0.889. The number of rotatable bonds is 16. The van der Waals surface area contributed by atoms with Crippen LogP contribution in [0.4, 0.5) is 5.82 Å². The molecular formula is C33H51N5O6. The molecule has 44 heavy (non-hydrogen) atoms. The molecule has 1 atom stereocenters. The SMILES string of the molecule is CCOCc1nc2c(NC(=O)[C@H](CC(C)C)NC(=O)CC(C)(C)OCCC(C)(C)O)nc3ccccc3c2n1CC(C)(C)O. The first-order chi connectivity index (χ1) is 20.4. The Morgan fingerprint density at radius 1 is 1.02 bits per heavy atom. The van der Waals surface area contributed by atoms with Crippen LogP contribution in [0, 0.1) is 5.92 Å². The Bertz CT molecular complexity index is 1430. The first-order valence-corrected chi connectivity index (χ1v) is 15.4. The number of fused-ring (bicyclic) bond motifs is 3. The number of pyridine rings is 1. The Morgan fingerprint density at radius 3 is 2.32 bits per heavy atom. The van der Waals surface area contributed by atoms with Gasteiger partial charge in [-0.15, -0.1) is 0 Å². The summed E-state index contributed by atoms with van der Waals surface area (Å²) in [5.41, 5.74) is -0.825. The van der Waals surface area contributed by atoms with Crippen LogP contribution in [0.3, 0.4) is 0 Å². The molecule has 0 aliphatic heterocycles. The zero-order valence-corrected chi connectivity index (χ0v) is 27.8. The average Bonchev–Trinajstić information content (AvgIpc) is 3.22. The van der Waals surface area contributed by atoms with Gasteiger partial charge in [-0.25, -0.2) is 9.97 Å². The van der Waals surface area contributed by atoms with Crippen LogP contribution in [0.15, 0.2) is 24.3 Å². The van der Waals surface area contributed by atoms with Gasteiger partial charge in [0, 0.05) is 12.0 Å². The quantitative estimate of drug-likeness (QED) is 0.182. The van der Waals surface area contributed by atoms with E-state index in [-0.39, 0.29) is 37.2 Å². The number of nitrogens with one attached hydrogen (secondary N) is 2. The third-order valence-corrected chi connectivity index (χ3v) is 7.04. The highest BCUT2D eigenvalue weighted by Crippen LogP contribution is 2.32. The van der Waals surface area contributed by atoms with Crippen molar-refractivity contribution in [1.82, 2.24) is 19.9 Å². The van der Waals surface area contributed by atoms with Crippen molar-refractivity contribution in [2.45, 2.75) is 118 Å². The molecule has 0 unspecified atom stereocenters. The second-order valence-electron chi connectivity index (χ2n) is 13.8. The second-order valence-corrected chi connectivity index (χ2v) is 13.8. The van der Waals surface area contributed by atoms with E-state index >= 15 is 0 Å². The van der Waals surface area contributed by atoms with Crippen LogP contribution in [0.5, 0.6) is 0 Å². The summed E-state index contributed by atoms with van der Waals surface area (Å²) in [6, 6.07) is 6.77. The molecule has 0 aliphatic rings. The fourth-order valence-corrected chi connectivity index (χ4v) is 5.00. The lowest BCUT2D eigenvalue weighted by Crippen LogP contribution is -2.46. The number of ether oxygens (including phenoxy) is 2. The molecule has 0 bridgehead atoms. The molecule has 0 fully saturated rings. The van der Waals surface area contributed by atoms with Crippen molar-refractivity contribution in [3.05, 3.63) is 30.1 Å². The minimum atomic E-state index is -1.04. The maximum absolute atomic E-state index is 13.8. The van der Waals surface area contributed by atoms with E-state index in [1.54, 1.807) is 27.7 Å². The summed E-state index contributed by atoms with van der Waals surface area (Å²) in [6.45, 7) is 17.7. The van der Waals surface area contributed by atoms with E-state index in [0.717, 1.165) is 10.9 Å². The standard InChI is InChI=1S/C33H51N5O6/c1-10-43-19-25-36-27-28(38(25)20-32(6,7)42)22-13-11-12-14-23(22)35-29(27)37-30(40)24(17-21(2)3)34-26(39)18-33(8,9)44-16-15-31(4,5)41/h11-14,21,24,41-42H,10,15-20H2,1-9H3,(H,34,39)(H,35,37,40)/t24-/m0/s1. The Kier molecular flexibility index (Phi) is 11.5. The Morgan fingerprint density at radius 2 is 1.70 bits per heavy atom. The largest absolute Gasteiger partial charge is 0.390 e. The van der Waals surface area contributed by atoms with Gasteiger partial charge in [0.1, 0.15) is 24.0 Å². The van der Waals surface area contributed by atoms with Crippen molar-refractivity contribution >= 4 is 39.6 Å². The summed E-state index contributed by atoms with van der Waals surface area (Å²) in [5, 5.41) is 27.4. The summed E-state index contributed by atoms with van der Waals surface area (Å²) >= 11 is 0. The minimum absolute atomic E-state index is 0.0430. The van der Waals surface area contributed by atoms with Gasteiger partial charge in [-0.1, -0.05) is 32.0 Å². The molecule has 3 aromatic rings. The smallest absolute Gasteiger partial charge is 0.248 e. The van der Waals surface area contributed by atoms with Gasteiger partial charge in [-0.05, 0) is 73.3 Å². The molecule has 3 rings (SSSR count). The molecule has 244 valence electrons. The van der Waals surface area contributed by atoms with E-state index in [4.69, 9.17) is 19.4 Å². The third-order valence-electron chi connectivity index (χ3n) is 7.04. The van der Waals surface area contributed by atoms with E-state index in [1.807, 2.05) is 63.5 Å². The molecule has 0 saturated heterocycles. The summed E-state index contributed by atoms with van der Waals surface area (Å²) in [5.74, 6) is 0.283. The molecule has 11 heteroatoms. The highest BCUT2D eigenvalue weighted by atomic mass is 16.5. The van der Waals surface area contributed by atoms with Gasteiger partial charge in [0.15, 0.2) is 5.82 Å². The maximum Gasteiger partial charge on any atom is 0.248 e. The molecule has 2 amide bonds. The molecule has 0 radical (unpaired) electrons. The Labute approximate surface area is 260 Å². The lowest BCUT2D eigenvalue weighted by molar-refractivity contribution is -0.132. The zero-order valence-electron chi connectivity index (χ0n) is 27.8. The van der Waals surface area contributed by atoms with Crippen LogP contribution in [-0.4, -0.2) is 72.6 Å². The van der Waals surface area contributed by atoms with Crippen molar-refractivity contribution in [2.75, 3.05) is 18.5 Å². The van der Waals surface area contributed by atoms with Crippen molar-refractivity contribution < 1.29 is 29.3 Å². The Hall–Kier alpha value is -3.12. The molecule has 0 saturated carbocycles. The second kappa shape index (κ2) is 14.3. The summed E-state index contributed by atoms with van der Waals surface area (Å²) in [4.78, 5) is 36.5. The van der Waals surface area contributed by atoms with E-state index in [1.165, 1.54) is 0 Å². The van der Waals surface area contributed by atoms with Crippen LogP contribution in [0.2, 0.25) is 0 Å². The van der Waals surface area contributed by atoms with Crippen molar-refractivity contribution in [3.63, 3.8) is 0 Å². The normalized spacial score (nSPS) is 13.5. The molecular weight excluding hydrogens is 562 g/mol. The highest BCUT2D eigenvalue weighted by Gasteiger charge is 2.30. The lowest BCUT2D eigenvalue weighted by Gasteiger charge is -2.28. The fourth-order valence-electron chi connectivity index (χ4n) is 5.00. The van der Waals surface area contributed by atoms with Crippen LogP contribution < -0.4 is 10.6 Å². The number of aromatic nitrogens is 3. The summed E-state index contributed by atoms with van der Waals surface area (Å²) in [7, 11) is 0. The number of imidazole rings is 1. The van der Waals surface area contributed by atoms with Crippen LogP contribution in [0.25, 0.3) is 21.9 Å². The monoisotopic (exact) mass is 613 g/mol. The van der Waals surface area contributed by atoms with Crippen molar-refractivity contribution in [2.24, 2.45) is 5.92 Å². The number of hydrogen-bond donors (Lipinski definition) is 4. The van der Waals surface area contributed by atoms with Crippen LogP contribution in [0.1, 0.15) is 87.4 Å². The van der Waals surface area contributed by atoms with Crippen LogP contribution >= 0.6 is 0 Å². The van der Waals surface area contributed by atoms with E-state index in [0.29, 0.717) is 42.9 Å². The fraction of sp³-hybridized carbons (Fsp3) is 0.636. The number of carbonyl (C=O) groups is 2. The van der Waals surface area contributed by atoms with Crippen LogP contribution in [-0.2, 0) is 32.2 Å². The highest BCUT2D eigenvalue weighted by molar-refractivity contribution is 6.10. The van der Waals surface area contributed by atoms with Gasteiger partial charge in [-0.2, -0.15) is 0 Å². The zero-order chi connectivity index (χ0) is 32.9. The van der Waals surface area contributed by atoms with Gasteiger partial charge in [-0.3, -0.25) is 9.59 Å². The van der Waals surface area contributed by atoms with Gasteiger partial charge in [0.2, 0.25) is 11.8 Å². The van der Waals surface area contributed by atoms with Gasteiger partial charge in [0.25, 0.3) is 0 Å². The average molecular weight is 614 g/mol. The van der Waals surface area contributed by atoms with Gasteiger partial charge in [0.05, 0.1) is 47.4 Å². The summed E-state index contributed by atoms with van der Waals surface area (Å²) < 4.78 is 13.5. The number of carbonyl (C=O) groups excluding carboxylic acids is 2. The number of nitrogens with zero attached hydrogens (tertiary/aromatic N) is 3. The Balaban J connectivity index is 1.94. The molecule has 4 N–H and O–H groups in total. The maximum atomic E-state index is 13.8. The van der Waals surface area contributed by atoms with Gasteiger partial charge >= 0.3 is 0 Å². The van der Waals surface area contributed by atoms with E-state index in [2.05, 4.69) is 10.6 Å². The number of aliphatic hydroxyl groups is 2. The molecule has 11 nitrogen and oxygen atoms in total. The topological polar surface area (TPSA) is 148 Å². The third kappa shape index (κ3) is 10.2. The first-order valence-electron chi connectivity index (χ1n) is 15.4. The minimum Gasteiger partial charge on any atom is -0.390 e. The number of hydrogen-bond acceptors (Lipinski definition) is 8. The predicted octanol–water partition coefficient (Wildman–Crippen LogP) is 4.71. The molecule has 2 aromatic heterocycles. The molecule has 1 aromatic carbocycles. The van der Waals surface area contributed by atoms with Crippen molar-refractivity contribution in [1.29, 1.82) is 0 Å². The molecule has 2 heterocycles. The predicted molar refractivity (Wildman–Crippen MR) is 172 cm³/mol. The van der Waals surface area contributed by atoms with E-state index in [9.17, 15) is 19.8 Å². The number of benzene rings is 1. The first kappa shape index (κ1) is 35.4. The van der Waals surface area contributed by atoms with Crippen molar-refractivity contribution in [3.8, 4) is 0 Å². The molecule has 0 spiro atoms. The number of anilines is 1. The van der Waals surface area contributed by atoms with Gasteiger partial charge < -0.3 is 34.9 Å². The number of amides is 2. The number of para-hydroxylation sites is 1. The lowest BCUT2D eigenvalue weighted by atomic mass is 10.0.